The van der Waals surface area contributed by atoms with Crippen molar-refractivity contribution in [1.29, 1.82) is 0 Å². The lowest BCUT2D eigenvalue weighted by molar-refractivity contribution is 1.37. The molecule has 0 N–H and O–H groups in total. The van der Waals surface area contributed by atoms with E-state index in [-0.39, 0.29) is 0 Å². The van der Waals surface area contributed by atoms with Crippen LogP contribution in [0, 0.1) is 0 Å². The van der Waals surface area contributed by atoms with Crippen molar-refractivity contribution in [3.8, 4) is 0 Å². The van der Waals surface area contributed by atoms with Gasteiger partial charge in [-0.2, -0.15) is 0 Å². The highest BCUT2D eigenvalue weighted by Gasteiger charge is 1.94. The molecule has 1 aromatic rings. The zero-order valence-corrected chi connectivity index (χ0v) is 6.22. The lowest BCUT2D eigenvalue weighted by Crippen LogP contribution is -1.60. The van der Waals surface area contributed by atoms with Gasteiger partial charge in [-0.3, -0.25) is 0 Å². The van der Waals surface area contributed by atoms with Crippen LogP contribution in [0.15, 0.2) is 6.20 Å². The van der Waals surface area contributed by atoms with Gasteiger partial charge in [-0.1, -0.05) is 11.6 Å². The molecule has 0 bridgehead atoms. The van der Waals surface area contributed by atoms with E-state index in [2.05, 4.69) is 4.98 Å². The molecule has 0 aliphatic rings. The first kappa shape index (κ1) is 6.33. The fraction of sp³-hybridized carbons (Fsp3) is 0.250. The minimum atomic E-state index is 0.504. The minimum absolute atomic E-state index is 0.504. The van der Waals surface area contributed by atoms with E-state index in [1.165, 1.54) is 11.3 Å². The summed E-state index contributed by atoms with van der Waals surface area (Å²) in [6, 6.07) is 0. The molecule has 4 heteroatoms. The molecule has 0 saturated heterocycles. The van der Waals surface area contributed by atoms with Crippen LogP contribution in [0.4, 0.5) is 0 Å². The highest BCUT2D eigenvalue weighted by Crippen LogP contribution is 2.18. The standard InChI is InChI=1S/C4H3Cl2NS/c5-1-3-2-7-4(6)8-3/h2H,1H2. The summed E-state index contributed by atoms with van der Waals surface area (Å²) >= 11 is 12.4. The second kappa shape index (κ2) is 2.67. The molecule has 0 fully saturated rings. The maximum absolute atomic E-state index is 5.49. The Morgan fingerprint density at radius 3 is 2.75 bits per heavy atom. The maximum atomic E-state index is 5.49. The fourth-order valence-electron chi connectivity index (χ4n) is 0.345. The molecule has 0 aromatic carbocycles. The van der Waals surface area contributed by atoms with Gasteiger partial charge in [0.2, 0.25) is 0 Å². The number of rotatable bonds is 1. The lowest BCUT2D eigenvalue weighted by atomic mass is 10.6. The molecule has 0 amide bonds. The first-order valence-electron chi connectivity index (χ1n) is 1.99. The van der Waals surface area contributed by atoms with E-state index in [0.717, 1.165) is 4.88 Å². The Labute approximate surface area is 61.3 Å². The van der Waals surface area contributed by atoms with Gasteiger partial charge in [0.15, 0.2) is 4.47 Å². The Morgan fingerprint density at radius 2 is 2.50 bits per heavy atom. The third-order valence-corrected chi connectivity index (χ3v) is 2.22. The molecule has 0 radical (unpaired) electrons. The van der Waals surface area contributed by atoms with E-state index < -0.39 is 0 Å². The van der Waals surface area contributed by atoms with Crippen LogP contribution in [0.2, 0.25) is 4.47 Å². The van der Waals surface area contributed by atoms with Crippen LogP contribution in [0.1, 0.15) is 4.88 Å². The molecule has 1 nitrogen and oxygen atoms in total. The van der Waals surface area contributed by atoms with Crippen LogP contribution in [0.25, 0.3) is 0 Å². The van der Waals surface area contributed by atoms with Gasteiger partial charge in [0.25, 0.3) is 0 Å². The third-order valence-electron chi connectivity index (χ3n) is 0.657. The summed E-state index contributed by atoms with van der Waals surface area (Å²) in [5, 5.41) is 0. The summed E-state index contributed by atoms with van der Waals surface area (Å²) in [5.41, 5.74) is 0. The average Bonchev–Trinajstić information content (AvgIpc) is 2.14. The van der Waals surface area contributed by atoms with Crippen molar-refractivity contribution < 1.29 is 0 Å². The number of hydrogen-bond acceptors (Lipinski definition) is 2. The molecule has 8 heavy (non-hydrogen) atoms. The summed E-state index contributed by atoms with van der Waals surface area (Å²) in [6.07, 6.45) is 1.68. The molecular weight excluding hydrogens is 165 g/mol. The number of alkyl halides is 1. The van der Waals surface area contributed by atoms with Crippen LogP contribution in [0.5, 0.6) is 0 Å². The molecule has 0 unspecified atom stereocenters. The number of hydrogen-bond donors (Lipinski definition) is 0. The van der Waals surface area contributed by atoms with Gasteiger partial charge in [-0.15, -0.1) is 22.9 Å². The van der Waals surface area contributed by atoms with Gasteiger partial charge in [0, 0.05) is 11.1 Å². The van der Waals surface area contributed by atoms with Crippen LogP contribution in [0.3, 0.4) is 0 Å². The first-order valence-corrected chi connectivity index (χ1v) is 3.72. The normalized spacial score (nSPS) is 9.75. The van der Waals surface area contributed by atoms with Crippen molar-refractivity contribution in [2.75, 3.05) is 0 Å². The minimum Gasteiger partial charge on any atom is -0.233 e. The van der Waals surface area contributed by atoms with E-state index in [4.69, 9.17) is 23.2 Å². The zero-order valence-electron chi connectivity index (χ0n) is 3.90. The quantitative estimate of drug-likeness (QED) is 0.587. The Hall–Kier alpha value is 0.210. The van der Waals surface area contributed by atoms with Crippen LogP contribution >= 0.6 is 34.5 Å². The van der Waals surface area contributed by atoms with Crippen LogP contribution in [-0.2, 0) is 5.88 Å². The van der Waals surface area contributed by atoms with E-state index in [1.807, 2.05) is 0 Å². The molecular formula is C4H3Cl2NS. The largest absolute Gasteiger partial charge is 0.233 e. The predicted molar refractivity (Wildman–Crippen MR) is 36.7 cm³/mol. The average molecular weight is 168 g/mol. The monoisotopic (exact) mass is 167 g/mol. The Morgan fingerprint density at radius 1 is 1.75 bits per heavy atom. The molecule has 1 heterocycles. The van der Waals surface area contributed by atoms with Crippen molar-refractivity contribution in [2.24, 2.45) is 0 Å². The summed E-state index contributed by atoms with van der Waals surface area (Å²) in [6.45, 7) is 0. The maximum Gasteiger partial charge on any atom is 0.183 e. The van der Waals surface area contributed by atoms with Crippen molar-refractivity contribution in [2.45, 2.75) is 5.88 Å². The number of halogens is 2. The molecule has 0 saturated carbocycles. The third kappa shape index (κ3) is 1.34. The highest BCUT2D eigenvalue weighted by molar-refractivity contribution is 7.15. The first-order chi connectivity index (χ1) is 3.83. The summed E-state index contributed by atoms with van der Waals surface area (Å²) in [4.78, 5) is 4.80. The molecule has 44 valence electrons. The SMILES string of the molecule is ClCc1cnc(Cl)s1. The Bertz CT molecular complexity index is 174. The van der Waals surface area contributed by atoms with E-state index in [9.17, 15) is 0 Å². The molecule has 0 aliphatic heterocycles. The molecule has 1 rings (SSSR count). The van der Waals surface area contributed by atoms with Crippen LogP contribution in [-0.4, -0.2) is 4.98 Å². The van der Waals surface area contributed by atoms with Crippen molar-refractivity contribution >= 4 is 34.5 Å². The summed E-state index contributed by atoms with van der Waals surface area (Å²) in [5.74, 6) is 0.504. The van der Waals surface area contributed by atoms with Crippen LogP contribution < -0.4 is 0 Å². The van der Waals surface area contributed by atoms with Gasteiger partial charge in [-0.05, 0) is 0 Å². The molecule has 1 aromatic heterocycles. The number of thiazole rings is 1. The van der Waals surface area contributed by atoms with E-state index >= 15 is 0 Å². The lowest BCUT2D eigenvalue weighted by Gasteiger charge is -1.75. The van der Waals surface area contributed by atoms with Crippen molar-refractivity contribution in [3.63, 3.8) is 0 Å². The smallest absolute Gasteiger partial charge is 0.183 e. The highest BCUT2D eigenvalue weighted by atomic mass is 35.5. The Kier molecular flexibility index (Phi) is 2.11. The van der Waals surface area contributed by atoms with Crippen molar-refractivity contribution in [3.05, 3.63) is 15.5 Å². The molecule has 0 aliphatic carbocycles. The van der Waals surface area contributed by atoms with Gasteiger partial charge in [0.1, 0.15) is 0 Å². The van der Waals surface area contributed by atoms with Crippen molar-refractivity contribution in [1.82, 2.24) is 4.98 Å². The molecule has 0 atom stereocenters. The second-order valence-corrected chi connectivity index (χ2v) is 3.18. The van der Waals surface area contributed by atoms with Gasteiger partial charge >= 0.3 is 0 Å². The van der Waals surface area contributed by atoms with E-state index in [1.54, 1.807) is 6.20 Å². The topological polar surface area (TPSA) is 12.9 Å². The zero-order chi connectivity index (χ0) is 5.98. The fourth-order valence-corrected chi connectivity index (χ4v) is 1.41. The van der Waals surface area contributed by atoms with E-state index in [0.29, 0.717) is 10.3 Å². The second-order valence-electron chi connectivity index (χ2n) is 1.21. The van der Waals surface area contributed by atoms with Gasteiger partial charge in [0.05, 0.1) is 5.88 Å². The molecule has 0 spiro atoms. The van der Waals surface area contributed by atoms with Gasteiger partial charge in [-0.25, -0.2) is 4.98 Å². The Balaban J connectivity index is 2.84. The predicted octanol–water partition coefficient (Wildman–Crippen LogP) is 2.54. The van der Waals surface area contributed by atoms with Gasteiger partial charge < -0.3 is 0 Å². The number of aromatic nitrogens is 1. The number of nitrogens with zero attached hydrogens (tertiary/aromatic N) is 1. The summed E-state index contributed by atoms with van der Waals surface area (Å²) in [7, 11) is 0. The summed E-state index contributed by atoms with van der Waals surface area (Å²) < 4.78 is 0.556.